The zero-order valence-electron chi connectivity index (χ0n) is 10.1. The Morgan fingerprint density at radius 2 is 2.11 bits per heavy atom. The van der Waals surface area contributed by atoms with Crippen LogP contribution in [-0.4, -0.2) is 23.2 Å². The Morgan fingerprint density at radius 3 is 2.79 bits per heavy atom. The van der Waals surface area contributed by atoms with E-state index in [1.54, 1.807) is 13.2 Å². The Hall–Kier alpha value is -2.69. The van der Waals surface area contributed by atoms with Crippen molar-refractivity contribution in [2.75, 3.05) is 7.11 Å². The van der Waals surface area contributed by atoms with Gasteiger partial charge in [0.15, 0.2) is 5.76 Å². The first-order valence-electron chi connectivity index (χ1n) is 5.67. The molecule has 0 bridgehead atoms. The van der Waals surface area contributed by atoms with Crippen LogP contribution in [0.4, 0.5) is 0 Å². The van der Waals surface area contributed by atoms with Gasteiger partial charge in [0.2, 0.25) is 0 Å². The maximum absolute atomic E-state index is 10.8. The fraction of sp³-hybridized carbons (Fsp3) is 0.0714. The molecule has 0 atom stereocenters. The summed E-state index contributed by atoms with van der Waals surface area (Å²) in [5.41, 5.74) is 1.49. The minimum absolute atomic E-state index is 0.132. The molecule has 1 aromatic carbocycles. The number of methoxy groups -OCH3 is 1. The van der Waals surface area contributed by atoms with Crippen molar-refractivity contribution in [1.29, 1.82) is 0 Å². The average Bonchev–Trinajstić information content (AvgIpc) is 3.04. The molecule has 3 rings (SSSR count). The van der Waals surface area contributed by atoms with E-state index in [1.807, 2.05) is 24.3 Å². The van der Waals surface area contributed by atoms with E-state index in [4.69, 9.17) is 14.3 Å². The number of aromatic carboxylic acids is 1. The fourth-order valence-corrected chi connectivity index (χ4v) is 1.94. The van der Waals surface area contributed by atoms with Crippen molar-refractivity contribution in [1.82, 2.24) is 4.98 Å². The molecule has 0 saturated heterocycles. The lowest BCUT2D eigenvalue weighted by Gasteiger charge is -1.96. The van der Waals surface area contributed by atoms with Gasteiger partial charge in [-0.2, -0.15) is 0 Å². The lowest BCUT2D eigenvalue weighted by molar-refractivity contribution is 0.0691. The first-order chi connectivity index (χ1) is 9.17. The summed E-state index contributed by atoms with van der Waals surface area (Å²) < 4.78 is 10.8. The largest absolute Gasteiger partial charge is 0.497 e. The number of ether oxygens (including phenoxy) is 1. The lowest BCUT2D eigenvalue weighted by Crippen LogP contribution is -1.95. The Morgan fingerprint density at radius 1 is 1.26 bits per heavy atom. The molecule has 5 heteroatoms. The highest BCUT2D eigenvalue weighted by atomic mass is 16.5. The van der Waals surface area contributed by atoms with E-state index in [2.05, 4.69) is 4.98 Å². The summed E-state index contributed by atoms with van der Waals surface area (Å²) in [6, 6.07) is 10.5. The van der Waals surface area contributed by atoms with Crippen LogP contribution in [0.5, 0.6) is 5.75 Å². The van der Waals surface area contributed by atoms with Crippen LogP contribution in [0.25, 0.3) is 22.4 Å². The van der Waals surface area contributed by atoms with E-state index in [0.717, 1.165) is 16.7 Å². The number of H-pyrrole nitrogens is 1. The zero-order chi connectivity index (χ0) is 13.4. The Labute approximate surface area is 108 Å². The van der Waals surface area contributed by atoms with Gasteiger partial charge in [0, 0.05) is 5.39 Å². The highest BCUT2D eigenvalue weighted by molar-refractivity contribution is 5.88. The van der Waals surface area contributed by atoms with E-state index >= 15 is 0 Å². The van der Waals surface area contributed by atoms with Gasteiger partial charge in [0.05, 0.1) is 12.8 Å². The molecule has 5 nitrogen and oxygen atoms in total. The Bertz CT molecular complexity index is 754. The monoisotopic (exact) mass is 257 g/mol. The van der Waals surface area contributed by atoms with E-state index < -0.39 is 5.97 Å². The number of fused-ring (bicyclic) bond motifs is 1. The van der Waals surface area contributed by atoms with Crippen molar-refractivity contribution >= 4 is 16.9 Å². The minimum Gasteiger partial charge on any atom is -0.497 e. The summed E-state index contributed by atoms with van der Waals surface area (Å²) in [5.74, 6) is 0.345. The van der Waals surface area contributed by atoms with E-state index in [-0.39, 0.29) is 5.69 Å². The molecule has 19 heavy (non-hydrogen) atoms. The number of carbonyl (C=O) groups is 1. The third-order valence-electron chi connectivity index (χ3n) is 2.91. The quantitative estimate of drug-likeness (QED) is 0.755. The van der Waals surface area contributed by atoms with Gasteiger partial charge in [-0.15, -0.1) is 0 Å². The molecule has 2 aromatic heterocycles. The Balaban J connectivity index is 2.06. The summed E-state index contributed by atoms with van der Waals surface area (Å²) in [6.07, 6.45) is 0. The summed E-state index contributed by atoms with van der Waals surface area (Å²) in [5, 5.41) is 9.78. The molecule has 0 aliphatic heterocycles. The summed E-state index contributed by atoms with van der Waals surface area (Å²) in [4.78, 5) is 13.6. The van der Waals surface area contributed by atoms with Crippen LogP contribution >= 0.6 is 0 Å². The van der Waals surface area contributed by atoms with Gasteiger partial charge in [-0.05, 0) is 36.4 Å². The third kappa shape index (κ3) is 1.95. The molecule has 2 heterocycles. The van der Waals surface area contributed by atoms with Crippen LogP contribution in [0.2, 0.25) is 0 Å². The van der Waals surface area contributed by atoms with Crippen LogP contribution in [0.1, 0.15) is 10.5 Å². The van der Waals surface area contributed by atoms with Crippen molar-refractivity contribution < 1.29 is 19.1 Å². The predicted octanol–water partition coefficient (Wildman–Crippen LogP) is 3.13. The highest BCUT2D eigenvalue weighted by Gasteiger charge is 2.11. The number of hydrogen-bond acceptors (Lipinski definition) is 3. The van der Waals surface area contributed by atoms with Crippen molar-refractivity contribution in [3.8, 4) is 17.2 Å². The molecule has 0 spiro atoms. The van der Waals surface area contributed by atoms with Crippen molar-refractivity contribution in [2.24, 2.45) is 0 Å². The number of rotatable bonds is 3. The van der Waals surface area contributed by atoms with Gasteiger partial charge < -0.3 is 19.2 Å². The number of carboxylic acids is 1. The van der Waals surface area contributed by atoms with Gasteiger partial charge >= 0.3 is 5.97 Å². The fourth-order valence-electron chi connectivity index (χ4n) is 1.94. The maximum atomic E-state index is 10.8. The molecule has 0 unspecified atom stereocenters. The highest BCUT2D eigenvalue weighted by Crippen LogP contribution is 2.29. The second kappa shape index (κ2) is 4.20. The van der Waals surface area contributed by atoms with Gasteiger partial charge in [-0.1, -0.05) is 0 Å². The normalized spacial score (nSPS) is 10.8. The van der Waals surface area contributed by atoms with Crippen LogP contribution in [0, 0.1) is 0 Å². The molecule has 0 fully saturated rings. The van der Waals surface area contributed by atoms with E-state index in [9.17, 15) is 4.79 Å². The summed E-state index contributed by atoms with van der Waals surface area (Å²) in [6.45, 7) is 0. The molecule has 0 amide bonds. The summed E-state index contributed by atoms with van der Waals surface area (Å²) >= 11 is 0. The number of benzene rings is 1. The standard InChI is InChI=1S/C14H11NO4/c1-18-9-2-5-12-8(6-9)7-13(19-12)10-3-4-11(15-10)14(16)17/h2-7,15H,1H3,(H,16,17). The molecule has 2 N–H and O–H groups in total. The number of hydrogen-bond donors (Lipinski definition) is 2. The van der Waals surface area contributed by atoms with Crippen LogP contribution in [-0.2, 0) is 0 Å². The zero-order valence-corrected chi connectivity index (χ0v) is 10.1. The van der Waals surface area contributed by atoms with Gasteiger partial charge in [0.25, 0.3) is 0 Å². The number of aromatic amines is 1. The molecule has 3 aromatic rings. The molecule has 0 saturated carbocycles. The second-order valence-corrected chi connectivity index (χ2v) is 4.11. The summed E-state index contributed by atoms with van der Waals surface area (Å²) in [7, 11) is 1.60. The second-order valence-electron chi connectivity index (χ2n) is 4.11. The number of carboxylic acid groups (broad SMARTS) is 1. The first-order valence-corrected chi connectivity index (χ1v) is 5.67. The van der Waals surface area contributed by atoms with Crippen molar-refractivity contribution in [3.05, 3.63) is 42.1 Å². The molecule has 96 valence electrons. The molecule has 0 aliphatic rings. The van der Waals surface area contributed by atoms with Gasteiger partial charge in [-0.3, -0.25) is 0 Å². The average molecular weight is 257 g/mol. The van der Waals surface area contributed by atoms with Crippen LogP contribution in [0.3, 0.4) is 0 Å². The Kier molecular flexibility index (Phi) is 2.52. The molecular weight excluding hydrogens is 246 g/mol. The smallest absolute Gasteiger partial charge is 0.352 e. The third-order valence-corrected chi connectivity index (χ3v) is 2.91. The van der Waals surface area contributed by atoms with Gasteiger partial charge in [0.1, 0.15) is 17.0 Å². The number of furan rings is 1. The first kappa shape index (κ1) is 11.4. The lowest BCUT2D eigenvalue weighted by atomic mass is 10.2. The predicted molar refractivity (Wildman–Crippen MR) is 69.5 cm³/mol. The van der Waals surface area contributed by atoms with E-state index in [0.29, 0.717) is 11.5 Å². The minimum atomic E-state index is -0.996. The van der Waals surface area contributed by atoms with Crippen molar-refractivity contribution in [2.45, 2.75) is 0 Å². The molecular formula is C14H11NO4. The van der Waals surface area contributed by atoms with Crippen LogP contribution in [0.15, 0.2) is 40.8 Å². The number of nitrogens with one attached hydrogen (secondary N) is 1. The molecule has 0 radical (unpaired) electrons. The maximum Gasteiger partial charge on any atom is 0.352 e. The van der Waals surface area contributed by atoms with Crippen molar-refractivity contribution in [3.63, 3.8) is 0 Å². The van der Waals surface area contributed by atoms with Crippen LogP contribution < -0.4 is 4.74 Å². The molecule has 0 aliphatic carbocycles. The SMILES string of the molecule is COc1ccc2oc(-c3ccc(C(=O)O)[nH]3)cc2c1. The number of aromatic nitrogens is 1. The van der Waals surface area contributed by atoms with Gasteiger partial charge in [-0.25, -0.2) is 4.79 Å². The topological polar surface area (TPSA) is 75.5 Å². The van der Waals surface area contributed by atoms with E-state index in [1.165, 1.54) is 6.07 Å².